The molecule has 0 saturated carbocycles. The van der Waals surface area contributed by atoms with Crippen LogP contribution in [0.4, 0.5) is 9.80 Å². The minimum atomic E-state index is -0.269. The normalized spacial score (nSPS) is 15.0. The van der Waals surface area contributed by atoms with Crippen LogP contribution >= 0.6 is 22.9 Å². The van der Waals surface area contributed by atoms with Gasteiger partial charge >= 0.3 is 6.09 Å². The maximum absolute atomic E-state index is 13.0. The lowest BCUT2D eigenvalue weighted by molar-refractivity contribution is 0.0716. The van der Waals surface area contributed by atoms with Crippen LogP contribution in [0.2, 0.25) is 5.02 Å². The van der Waals surface area contributed by atoms with E-state index in [0.29, 0.717) is 43.4 Å². The van der Waals surface area contributed by atoms with E-state index in [4.69, 9.17) is 16.3 Å². The molecule has 0 aliphatic carbocycles. The number of nitrogens with zero attached hydrogens (tertiary/aromatic N) is 2. The van der Waals surface area contributed by atoms with E-state index in [-0.39, 0.29) is 18.0 Å². The van der Waals surface area contributed by atoms with Gasteiger partial charge in [-0.05, 0) is 49.2 Å². The number of benzene rings is 2. The maximum atomic E-state index is 13.0. The zero-order valence-corrected chi connectivity index (χ0v) is 21.6. The Morgan fingerprint density at radius 3 is 2.34 bits per heavy atom. The first-order chi connectivity index (χ1) is 17.0. The van der Waals surface area contributed by atoms with E-state index in [2.05, 4.69) is 23.2 Å². The molecular formula is C27H30ClN3O3S. The second-order valence-electron chi connectivity index (χ2n) is 8.35. The SMILES string of the molecule is CCOC(=O)N1CCN([C@@H](c2ccc(Cl)cc2)c2cc(CC)sc2NC(=O)c2ccccc2)CC1. The van der Waals surface area contributed by atoms with Gasteiger partial charge in [0.25, 0.3) is 5.91 Å². The summed E-state index contributed by atoms with van der Waals surface area (Å²) in [4.78, 5) is 30.6. The zero-order chi connectivity index (χ0) is 24.8. The van der Waals surface area contributed by atoms with Crippen LogP contribution in [0.15, 0.2) is 60.7 Å². The van der Waals surface area contributed by atoms with Crippen molar-refractivity contribution in [1.82, 2.24) is 9.80 Å². The van der Waals surface area contributed by atoms with Gasteiger partial charge in [-0.25, -0.2) is 4.79 Å². The Balaban J connectivity index is 1.66. The lowest BCUT2D eigenvalue weighted by Gasteiger charge is -2.39. The predicted molar refractivity (Wildman–Crippen MR) is 142 cm³/mol. The molecule has 1 aliphatic rings. The Hall–Kier alpha value is -2.87. The van der Waals surface area contributed by atoms with Crippen molar-refractivity contribution >= 4 is 39.9 Å². The van der Waals surface area contributed by atoms with Crippen molar-refractivity contribution in [2.24, 2.45) is 0 Å². The summed E-state index contributed by atoms with van der Waals surface area (Å²) in [6, 6.07) is 19.2. The van der Waals surface area contributed by atoms with Crippen molar-refractivity contribution in [3.8, 4) is 0 Å². The Morgan fingerprint density at radius 2 is 1.71 bits per heavy atom. The van der Waals surface area contributed by atoms with E-state index in [9.17, 15) is 9.59 Å². The number of carbonyl (C=O) groups is 2. The number of hydrogen-bond acceptors (Lipinski definition) is 5. The first kappa shape index (κ1) is 25.2. The van der Waals surface area contributed by atoms with Gasteiger partial charge in [-0.15, -0.1) is 11.3 Å². The highest BCUT2D eigenvalue weighted by atomic mass is 35.5. The average Bonchev–Trinajstić information content (AvgIpc) is 3.28. The van der Waals surface area contributed by atoms with Crippen LogP contribution < -0.4 is 5.32 Å². The molecule has 6 nitrogen and oxygen atoms in total. The lowest BCUT2D eigenvalue weighted by atomic mass is 9.97. The summed E-state index contributed by atoms with van der Waals surface area (Å²) in [7, 11) is 0. The molecule has 35 heavy (non-hydrogen) atoms. The second-order valence-corrected chi connectivity index (χ2v) is 9.92. The van der Waals surface area contributed by atoms with Crippen LogP contribution in [0.25, 0.3) is 0 Å². The number of rotatable bonds is 7. The number of hydrogen-bond donors (Lipinski definition) is 1. The molecule has 3 aromatic rings. The molecule has 8 heteroatoms. The van der Waals surface area contributed by atoms with Crippen LogP contribution in [-0.4, -0.2) is 54.6 Å². The molecule has 0 radical (unpaired) electrons. The summed E-state index contributed by atoms with van der Waals surface area (Å²) in [6.07, 6.45) is 0.609. The van der Waals surface area contributed by atoms with E-state index >= 15 is 0 Å². The van der Waals surface area contributed by atoms with Gasteiger partial charge in [-0.3, -0.25) is 9.69 Å². The van der Waals surface area contributed by atoms with Gasteiger partial charge in [-0.2, -0.15) is 0 Å². The topological polar surface area (TPSA) is 61.9 Å². The van der Waals surface area contributed by atoms with Crippen molar-refractivity contribution < 1.29 is 14.3 Å². The van der Waals surface area contributed by atoms with E-state index in [1.54, 1.807) is 16.2 Å². The molecule has 1 N–H and O–H groups in total. The molecule has 2 heterocycles. The summed E-state index contributed by atoms with van der Waals surface area (Å²) in [5.41, 5.74) is 2.77. The minimum absolute atomic E-state index is 0.0840. The van der Waals surface area contributed by atoms with Crippen molar-refractivity contribution in [2.45, 2.75) is 26.3 Å². The third-order valence-electron chi connectivity index (χ3n) is 6.11. The summed E-state index contributed by atoms with van der Waals surface area (Å²) >= 11 is 7.82. The van der Waals surface area contributed by atoms with Crippen LogP contribution in [0.5, 0.6) is 0 Å². The molecule has 1 fully saturated rings. The fraction of sp³-hybridized carbons (Fsp3) is 0.333. The monoisotopic (exact) mass is 511 g/mol. The standard InChI is InChI=1S/C27H30ClN3O3S/c1-3-22-18-23(26(35-22)29-25(32)20-8-6-5-7-9-20)24(19-10-12-21(28)13-11-19)30-14-16-31(17-15-30)27(33)34-4-2/h5-13,18,24H,3-4,14-17H2,1-2H3,(H,29,32)/t24-/m0/s1. The molecule has 4 rings (SSSR count). The van der Waals surface area contributed by atoms with Gasteiger partial charge < -0.3 is 15.0 Å². The van der Waals surface area contributed by atoms with E-state index < -0.39 is 0 Å². The van der Waals surface area contributed by atoms with Gasteiger partial charge in [0.05, 0.1) is 12.6 Å². The number of piperazine rings is 1. The Kier molecular flexibility index (Phi) is 8.44. The fourth-order valence-corrected chi connectivity index (χ4v) is 5.46. The number of carbonyl (C=O) groups excluding carboxylic acids is 2. The summed E-state index contributed by atoms with van der Waals surface area (Å²) in [5.74, 6) is -0.127. The Bertz CT molecular complexity index is 1140. The van der Waals surface area contributed by atoms with E-state index in [1.165, 1.54) is 4.88 Å². The molecule has 0 spiro atoms. The number of nitrogens with one attached hydrogen (secondary N) is 1. The molecular weight excluding hydrogens is 482 g/mol. The molecule has 0 bridgehead atoms. The maximum Gasteiger partial charge on any atom is 0.409 e. The molecule has 1 saturated heterocycles. The average molecular weight is 512 g/mol. The Labute approximate surface area is 215 Å². The first-order valence-electron chi connectivity index (χ1n) is 11.9. The molecule has 1 atom stereocenters. The van der Waals surface area contributed by atoms with Crippen LogP contribution in [0.3, 0.4) is 0 Å². The molecule has 184 valence electrons. The summed E-state index contributed by atoms with van der Waals surface area (Å²) in [6.45, 7) is 6.85. The number of halogens is 1. The van der Waals surface area contributed by atoms with Crippen molar-refractivity contribution in [2.75, 3.05) is 38.1 Å². The number of anilines is 1. The quantitative estimate of drug-likeness (QED) is 0.417. The number of aryl methyl sites for hydroxylation is 1. The molecule has 2 amide bonds. The molecule has 0 unspecified atom stereocenters. The molecule has 2 aromatic carbocycles. The van der Waals surface area contributed by atoms with Crippen LogP contribution in [-0.2, 0) is 11.2 Å². The predicted octanol–water partition coefficient (Wildman–Crippen LogP) is 6.08. The third kappa shape index (κ3) is 6.04. The van der Waals surface area contributed by atoms with E-state index in [1.807, 2.05) is 61.5 Å². The number of thiophene rings is 1. The number of ether oxygens (including phenoxy) is 1. The number of amides is 2. The fourth-order valence-electron chi connectivity index (χ4n) is 4.31. The van der Waals surface area contributed by atoms with E-state index in [0.717, 1.165) is 22.5 Å². The van der Waals surface area contributed by atoms with Gasteiger partial charge in [0.1, 0.15) is 5.00 Å². The van der Waals surface area contributed by atoms with Gasteiger partial charge in [0.15, 0.2) is 0 Å². The van der Waals surface area contributed by atoms with Gasteiger partial charge in [-0.1, -0.05) is 48.9 Å². The molecule has 1 aromatic heterocycles. The van der Waals surface area contributed by atoms with Crippen LogP contribution in [0.1, 0.15) is 46.3 Å². The zero-order valence-electron chi connectivity index (χ0n) is 20.0. The van der Waals surface area contributed by atoms with Gasteiger partial charge in [0, 0.05) is 47.2 Å². The Morgan fingerprint density at radius 1 is 1.03 bits per heavy atom. The molecule has 1 aliphatic heterocycles. The largest absolute Gasteiger partial charge is 0.450 e. The third-order valence-corrected chi connectivity index (χ3v) is 7.57. The lowest BCUT2D eigenvalue weighted by Crippen LogP contribution is -2.50. The summed E-state index contributed by atoms with van der Waals surface area (Å²) < 4.78 is 5.19. The highest BCUT2D eigenvalue weighted by Gasteiger charge is 2.31. The summed E-state index contributed by atoms with van der Waals surface area (Å²) in [5, 5.41) is 4.70. The van der Waals surface area contributed by atoms with Crippen molar-refractivity contribution in [3.05, 3.63) is 87.3 Å². The second kappa shape index (κ2) is 11.7. The van der Waals surface area contributed by atoms with Crippen molar-refractivity contribution in [1.29, 1.82) is 0 Å². The van der Waals surface area contributed by atoms with Gasteiger partial charge in [0.2, 0.25) is 0 Å². The first-order valence-corrected chi connectivity index (χ1v) is 13.1. The van der Waals surface area contributed by atoms with Crippen molar-refractivity contribution in [3.63, 3.8) is 0 Å². The highest BCUT2D eigenvalue weighted by molar-refractivity contribution is 7.16. The highest BCUT2D eigenvalue weighted by Crippen LogP contribution is 2.40. The minimum Gasteiger partial charge on any atom is -0.450 e. The smallest absolute Gasteiger partial charge is 0.409 e. The van der Waals surface area contributed by atoms with Crippen LogP contribution in [0, 0.1) is 0 Å².